The summed E-state index contributed by atoms with van der Waals surface area (Å²) in [5.74, 6) is 0.184. The molecule has 0 spiro atoms. The van der Waals surface area contributed by atoms with E-state index in [0.29, 0.717) is 17.0 Å². The Morgan fingerprint density at radius 1 is 0.714 bits per heavy atom. The summed E-state index contributed by atoms with van der Waals surface area (Å²) in [6.45, 7) is 1.79. The number of hydrogen-bond acceptors (Lipinski definition) is 4. The highest BCUT2D eigenvalue weighted by molar-refractivity contribution is 6.05. The molecule has 0 radical (unpaired) electrons. The van der Waals surface area contributed by atoms with Crippen molar-refractivity contribution in [3.8, 4) is 16.9 Å². The van der Waals surface area contributed by atoms with Crippen molar-refractivity contribution in [1.82, 2.24) is 0 Å². The van der Waals surface area contributed by atoms with Gasteiger partial charge in [-0.1, -0.05) is 60.7 Å². The van der Waals surface area contributed by atoms with E-state index in [-0.39, 0.29) is 11.8 Å². The van der Waals surface area contributed by atoms with E-state index in [1.54, 1.807) is 50.4 Å². The number of amides is 2. The van der Waals surface area contributed by atoms with Gasteiger partial charge in [0.1, 0.15) is 11.8 Å². The van der Waals surface area contributed by atoms with Gasteiger partial charge in [-0.3, -0.25) is 9.59 Å². The standard InChI is InChI=1S/C29H27N3O3/c1-20(28(33)31-25-13-7-6-12-24(25)21-10-4-3-5-11-21)30-23-18-16-22(17-19-23)29(34)32-26-14-8-9-15-27(26)35-2/h3-20,30H,1-2H3,(H,31,33)(H,32,34). The van der Waals surface area contributed by atoms with Gasteiger partial charge in [0, 0.05) is 22.5 Å². The summed E-state index contributed by atoms with van der Waals surface area (Å²) in [4.78, 5) is 25.5. The maximum atomic E-state index is 12.9. The minimum Gasteiger partial charge on any atom is -0.495 e. The van der Waals surface area contributed by atoms with Gasteiger partial charge >= 0.3 is 0 Å². The predicted octanol–water partition coefficient (Wildman–Crippen LogP) is 6.05. The Balaban J connectivity index is 1.39. The van der Waals surface area contributed by atoms with E-state index in [1.807, 2.05) is 66.7 Å². The second-order valence-corrected chi connectivity index (χ2v) is 8.00. The molecule has 4 aromatic carbocycles. The lowest BCUT2D eigenvalue weighted by Crippen LogP contribution is -2.32. The number of hydrogen-bond donors (Lipinski definition) is 3. The van der Waals surface area contributed by atoms with Crippen molar-refractivity contribution in [3.63, 3.8) is 0 Å². The molecule has 35 heavy (non-hydrogen) atoms. The van der Waals surface area contributed by atoms with Crippen LogP contribution in [0.25, 0.3) is 11.1 Å². The van der Waals surface area contributed by atoms with Crippen LogP contribution in [0.4, 0.5) is 17.1 Å². The molecule has 0 saturated carbocycles. The quantitative estimate of drug-likeness (QED) is 0.296. The molecule has 1 unspecified atom stereocenters. The van der Waals surface area contributed by atoms with Crippen LogP contribution in [0.2, 0.25) is 0 Å². The number of nitrogens with one attached hydrogen (secondary N) is 3. The third-order valence-electron chi connectivity index (χ3n) is 5.55. The SMILES string of the molecule is COc1ccccc1NC(=O)c1ccc(NC(C)C(=O)Nc2ccccc2-c2ccccc2)cc1. The number of carbonyl (C=O) groups excluding carboxylic acids is 2. The van der Waals surface area contributed by atoms with E-state index in [0.717, 1.165) is 22.5 Å². The Morgan fingerprint density at radius 2 is 1.34 bits per heavy atom. The van der Waals surface area contributed by atoms with E-state index in [2.05, 4.69) is 16.0 Å². The first-order valence-electron chi connectivity index (χ1n) is 11.3. The van der Waals surface area contributed by atoms with Crippen LogP contribution in [-0.4, -0.2) is 25.0 Å². The summed E-state index contributed by atoms with van der Waals surface area (Å²) < 4.78 is 5.28. The fraction of sp³-hybridized carbons (Fsp3) is 0.103. The van der Waals surface area contributed by atoms with E-state index < -0.39 is 6.04 Å². The van der Waals surface area contributed by atoms with Gasteiger partial charge in [0.25, 0.3) is 5.91 Å². The monoisotopic (exact) mass is 465 g/mol. The van der Waals surface area contributed by atoms with Gasteiger partial charge in [0.2, 0.25) is 5.91 Å². The molecule has 0 aromatic heterocycles. The largest absolute Gasteiger partial charge is 0.495 e. The van der Waals surface area contributed by atoms with Crippen LogP contribution in [-0.2, 0) is 4.79 Å². The summed E-state index contributed by atoms with van der Waals surface area (Å²) in [5.41, 5.74) is 4.57. The van der Waals surface area contributed by atoms with Crippen molar-refractivity contribution in [2.45, 2.75) is 13.0 Å². The first-order chi connectivity index (χ1) is 17.0. The first-order valence-corrected chi connectivity index (χ1v) is 11.3. The Hall–Kier alpha value is -4.58. The molecule has 4 rings (SSSR count). The number of para-hydroxylation sites is 3. The van der Waals surface area contributed by atoms with Gasteiger partial charge in [0.15, 0.2) is 0 Å². The minimum absolute atomic E-state index is 0.161. The Morgan fingerprint density at radius 3 is 2.06 bits per heavy atom. The maximum Gasteiger partial charge on any atom is 0.255 e. The lowest BCUT2D eigenvalue weighted by Gasteiger charge is -2.17. The average Bonchev–Trinajstić information content (AvgIpc) is 2.90. The van der Waals surface area contributed by atoms with Crippen LogP contribution in [0.1, 0.15) is 17.3 Å². The van der Waals surface area contributed by atoms with E-state index in [4.69, 9.17) is 4.74 Å². The summed E-state index contributed by atoms with van der Waals surface area (Å²) in [6, 6.07) is 31.4. The fourth-order valence-corrected chi connectivity index (χ4v) is 3.68. The zero-order valence-electron chi connectivity index (χ0n) is 19.6. The van der Waals surface area contributed by atoms with Gasteiger partial charge in [-0.05, 0) is 55.0 Å². The molecule has 0 heterocycles. The molecule has 2 amide bonds. The molecule has 6 nitrogen and oxygen atoms in total. The zero-order chi connectivity index (χ0) is 24.6. The summed E-state index contributed by atoms with van der Waals surface area (Å²) in [5, 5.41) is 9.06. The van der Waals surface area contributed by atoms with Crippen molar-refractivity contribution in [1.29, 1.82) is 0 Å². The highest BCUT2D eigenvalue weighted by Crippen LogP contribution is 2.28. The van der Waals surface area contributed by atoms with Gasteiger partial charge in [-0.2, -0.15) is 0 Å². The second kappa shape index (κ2) is 11.0. The molecule has 6 heteroatoms. The normalized spacial score (nSPS) is 11.3. The number of carbonyl (C=O) groups is 2. The number of methoxy groups -OCH3 is 1. The number of anilines is 3. The van der Waals surface area contributed by atoms with Crippen molar-refractivity contribution in [2.24, 2.45) is 0 Å². The Bertz CT molecular complexity index is 1300. The smallest absolute Gasteiger partial charge is 0.255 e. The predicted molar refractivity (Wildman–Crippen MR) is 141 cm³/mol. The molecular weight excluding hydrogens is 438 g/mol. The van der Waals surface area contributed by atoms with Crippen LogP contribution < -0.4 is 20.7 Å². The molecule has 3 N–H and O–H groups in total. The maximum absolute atomic E-state index is 12.9. The van der Waals surface area contributed by atoms with Gasteiger partial charge in [-0.15, -0.1) is 0 Å². The van der Waals surface area contributed by atoms with Crippen molar-refractivity contribution in [2.75, 3.05) is 23.1 Å². The fourth-order valence-electron chi connectivity index (χ4n) is 3.68. The molecule has 4 aromatic rings. The summed E-state index contributed by atoms with van der Waals surface area (Å²) in [6.07, 6.45) is 0. The molecular formula is C29H27N3O3. The van der Waals surface area contributed by atoms with Crippen LogP contribution >= 0.6 is 0 Å². The molecule has 0 aliphatic heterocycles. The van der Waals surface area contributed by atoms with Crippen molar-refractivity contribution >= 4 is 28.9 Å². The van der Waals surface area contributed by atoms with Crippen LogP contribution in [0, 0.1) is 0 Å². The third-order valence-corrected chi connectivity index (χ3v) is 5.55. The molecule has 0 aliphatic rings. The average molecular weight is 466 g/mol. The lowest BCUT2D eigenvalue weighted by atomic mass is 10.0. The first kappa shape index (κ1) is 23.6. The van der Waals surface area contributed by atoms with Gasteiger partial charge in [0.05, 0.1) is 12.8 Å². The highest BCUT2D eigenvalue weighted by Gasteiger charge is 2.16. The Kier molecular flexibility index (Phi) is 7.43. The van der Waals surface area contributed by atoms with E-state index in [1.165, 1.54) is 0 Å². The zero-order valence-corrected chi connectivity index (χ0v) is 19.6. The summed E-state index contributed by atoms with van der Waals surface area (Å²) >= 11 is 0. The summed E-state index contributed by atoms with van der Waals surface area (Å²) in [7, 11) is 1.56. The molecule has 0 fully saturated rings. The van der Waals surface area contributed by atoms with Gasteiger partial charge in [-0.25, -0.2) is 0 Å². The van der Waals surface area contributed by atoms with Crippen LogP contribution in [0.15, 0.2) is 103 Å². The van der Waals surface area contributed by atoms with E-state index >= 15 is 0 Å². The molecule has 0 bridgehead atoms. The lowest BCUT2D eigenvalue weighted by molar-refractivity contribution is -0.116. The second-order valence-electron chi connectivity index (χ2n) is 8.00. The number of benzene rings is 4. The molecule has 1 atom stereocenters. The minimum atomic E-state index is -0.493. The highest BCUT2D eigenvalue weighted by atomic mass is 16.5. The van der Waals surface area contributed by atoms with Crippen LogP contribution in [0.3, 0.4) is 0 Å². The van der Waals surface area contributed by atoms with Crippen LogP contribution in [0.5, 0.6) is 5.75 Å². The van der Waals surface area contributed by atoms with E-state index in [9.17, 15) is 9.59 Å². The molecule has 0 aliphatic carbocycles. The van der Waals surface area contributed by atoms with Crippen molar-refractivity contribution < 1.29 is 14.3 Å². The molecule has 176 valence electrons. The van der Waals surface area contributed by atoms with Crippen molar-refractivity contribution in [3.05, 3.63) is 109 Å². The third kappa shape index (κ3) is 5.86. The Labute approximate surface area is 205 Å². The number of rotatable bonds is 8. The molecule has 0 saturated heterocycles. The number of ether oxygens (including phenoxy) is 1. The van der Waals surface area contributed by atoms with Gasteiger partial charge < -0.3 is 20.7 Å². The topological polar surface area (TPSA) is 79.5 Å².